The minimum atomic E-state index is -2.62. The van der Waals surface area contributed by atoms with Crippen molar-refractivity contribution in [1.82, 2.24) is 0 Å². The highest BCUT2D eigenvalue weighted by Crippen LogP contribution is 2.45. The van der Waals surface area contributed by atoms with Crippen LogP contribution in [-0.2, 0) is 28.5 Å². The summed E-state index contributed by atoms with van der Waals surface area (Å²) in [4.78, 5) is 24.9. The molecule has 170 valence electrons. The highest BCUT2D eigenvalue weighted by atomic mass is 16.7. The van der Waals surface area contributed by atoms with Gasteiger partial charge in [0, 0.05) is 7.11 Å². The maximum atomic E-state index is 12.6. The average Bonchev–Trinajstić information content (AvgIpc) is 2.96. The van der Waals surface area contributed by atoms with Crippen LogP contribution in [0, 0.1) is 0 Å². The first kappa shape index (κ1) is 25.8. The van der Waals surface area contributed by atoms with Crippen molar-refractivity contribution in [1.29, 1.82) is 0 Å². The summed E-state index contributed by atoms with van der Waals surface area (Å²) in [7, 11) is 3.45. The largest absolute Gasteiger partial charge is 0.467 e. The second-order valence-electron chi connectivity index (χ2n) is 7.68. The van der Waals surface area contributed by atoms with E-state index in [0.717, 1.165) is 33.5 Å². The Kier molecular flexibility index (Phi) is 11.1. The molecule has 29 heavy (non-hydrogen) atoms. The lowest BCUT2D eigenvalue weighted by Gasteiger charge is -2.36. The molecule has 1 aliphatic heterocycles. The number of hydrogen-bond acceptors (Lipinski definition) is 8. The van der Waals surface area contributed by atoms with E-state index >= 15 is 0 Å². The molecule has 0 unspecified atom stereocenters. The van der Waals surface area contributed by atoms with E-state index < -0.39 is 35.5 Å². The lowest BCUT2D eigenvalue weighted by molar-refractivity contribution is -0.216. The van der Waals surface area contributed by atoms with E-state index in [9.17, 15) is 19.8 Å². The highest BCUT2D eigenvalue weighted by Gasteiger charge is 2.74. The molecular weight excluding hydrogens is 380 g/mol. The number of methoxy groups -OCH3 is 3. The molecule has 0 radical (unpaired) electrons. The number of aliphatic hydroxyl groups is 2. The number of carbonyl (C=O) groups excluding carboxylic acids is 2. The van der Waals surface area contributed by atoms with Gasteiger partial charge in [0.15, 0.2) is 6.29 Å². The Balaban J connectivity index is 2.70. The average molecular weight is 419 g/mol. The summed E-state index contributed by atoms with van der Waals surface area (Å²) in [6.07, 6.45) is 7.66. The summed E-state index contributed by atoms with van der Waals surface area (Å²) < 4.78 is 20.1. The Labute approximate surface area is 173 Å². The normalized spacial score (nSPS) is 29.0. The monoisotopic (exact) mass is 418 g/mol. The van der Waals surface area contributed by atoms with E-state index in [1.165, 1.54) is 45.6 Å². The summed E-state index contributed by atoms with van der Waals surface area (Å²) in [5.74, 6) is -2.11. The lowest BCUT2D eigenvalue weighted by atomic mass is 9.77. The van der Waals surface area contributed by atoms with E-state index in [1.807, 2.05) is 0 Å². The van der Waals surface area contributed by atoms with Gasteiger partial charge < -0.3 is 29.2 Å². The zero-order chi connectivity index (χ0) is 21.9. The molecule has 1 aliphatic rings. The minimum Gasteiger partial charge on any atom is -0.467 e. The van der Waals surface area contributed by atoms with Crippen molar-refractivity contribution in [3.8, 4) is 0 Å². The van der Waals surface area contributed by atoms with Gasteiger partial charge >= 0.3 is 11.9 Å². The molecule has 1 saturated heterocycles. The van der Waals surface area contributed by atoms with Gasteiger partial charge in [0.2, 0.25) is 11.2 Å². The standard InChI is InChI=1S/C21H38O8/c1-5-6-7-8-9-10-11-12-13-14-15-20(18(23)27-3)21(25,19(24)28-4)16(22)17(26-2)29-20/h16-17,22,25H,5-15H2,1-4H3/t16-,17+,20+,21-/m1/s1. The number of carbonyl (C=O) groups is 2. The van der Waals surface area contributed by atoms with Crippen LogP contribution >= 0.6 is 0 Å². The van der Waals surface area contributed by atoms with E-state index in [4.69, 9.17) is 14.2 Å². The van der Waals surface area contributed by atoms with Crippen LogP contribution in [0.3, 0.4) is 0 Å². The number of unbranched alkanes of at least 4 members (excludes halogenated alkanes) is 9. The predicted octanol–water partition coefficient (Wildman–Crippen LogP) is 2.48. The second kappa shape index (κ2) is 12.5. The van der Waals surface area contributed by atoms with Crippen molar-refractivity contribution >= 4 is 11.9 Å². The van der Waals surface area contributed by atoms with E-state index in [2.05, 4.69) is 11.7 Å². The Bertz CT molecular complexity index is 511. The molecule has 1 rings (SSSR count). The Morgan fingerprint density at radius 3 is 1.79 bits per heavy atom. The Morgan fingerprint density at radius 1 is 0.862 bits per heavy atom. The quantitative estimate of drug-likeness (QED) is 0.327. The molecule has 0 aromatic carbocycles. The predicted molar refractivity (Wildman–Crippen MR) is 106 cm³/mol. The van der Waals surface area contributed by atoms with Crippen molar-refractivity contribution in [3.63, 3.8) is 0 Å². The number of hydrogen-bond donors (Lipinski definition) is 2. The van der Waals surface area contributed by atoms with Crippen LogP contribution in [0.2, 0.25) is 0 Å². The summed E-state index contributed by atoms with van der Waals surface area (Å²) >= 11 is 0. The molecule has 0 aliphatic carbocycles. The van der Waals surface area contributed by atoms with E-state index in [0.29, 0.717) is 6.42 Å². The highest BCUT2D eigenvalue weighted by molar-refractivity contribution is 5.94. The van der Waals surface area contributed by atoms with Crippen molar-refractivity contribution in [3.05, 3.63) is 0 Å². The van der Waals surface area contributed by atoms with Crippen LogP contribution in [0.1, 0.15) is 77.6 Å². The third kappa shape index (κ3) is 5.69. The summed E-state index contributed by atoms with van der Waals surface area (Å²) in [5.41, 5.74) is -4.70. The number of rotatable bonds is 14. The van der Waals surface area contributed by atoms with Crippen LogP contribution in [0.5, 0.6) is 0 Å². The van der Waals surface area contributed by atoms with Gasteiger partial charge in [-0.05, 0) is 12.8 Å². The maximum absolute atomic E-state index is 12.6. The van der Waals surface area contributed by atoms with Crippen LogP contribution in [-0.4, -0.2) is 67.1 Å². The van der Waals surface area contributed by atoms with Gasteiger partial charge in [-0.1, -0.05) is 64.7 Å². The van der Waals surface area contributed by atoms with Gasteiger partial charge in [-0.15, -0.1) is 0 Å². The first-order chi connectivity index (χ1) is 13.8. The van der Waals surface area contributed by atoms with Gasteiger partial charge in [0.1, 0.15) is 6.10 Å². The van der Waals surface area contributed by atoms with E-state index in [1.54, 1.807) is 0 Å². The summed E-state index contributed by atoms with van der Waals surface area (Å²) in [6.45, 7) is 2.20. The molecule has 0 bridgehead atoms. The van der Waals surface area contributed by atoms with Crippen molar-refractivity contribution < 1.29 is 38.7 Å². The minimum absolute atomic E-state index is 0.00130. The van der Waals surface area contributed by atoms with Crippen LogP contribution in [0.25, 0.3) is 0 Å². The fourth-order valence-corrected chi connectivity index (χ4v) is 3.99. The van der Waals surface area contributed by atoms with Crippen LogP contribution in [0.15, 0.2) is 0 Å². The molecule has 0 aromatic rings. The molecule has 4 atom stereocenters. The number of aliphatic hydroxyl groups excluding tert-OH is 1. The van der Waals surface area contributed by atoms with Crippen molar-refractivity contribution in [2.24, 2.45) is 0 Å². The molecule has 0 spiro atoms. The molecule has 1 fully saturated rings. The molecule has 8 nitrogen and oxygen atoms in total. The molecule has 2 N–H and O–H groups in total. The summed E-state index contributed by atoms with van der Waals surface area (Å²) in [5, 5.41) is 21.5. The SMILES string of the molecule is CCCCCCCCCCCC[C@@]1(C(=O)OC)O[C@H](OC)[C@@H](O)[C@@]1(O)C(=O)OC. The number of ether oxygens (including phenoxy) is 4. The molecule has 0 amide bonds. The van der Waals surface area contributed by atoms with Crippen LogP contribution < -0.4 is 0 Å². The molecule has 8 heteroatoms. The van der Waals surface area contributed by atoms with Gasteiger partial charge in [-0.25, -0.2) is 9.59 Å². The smallest absolute Gasteiger partial charge is 0.344 e. The third-order valence-electron chi connectivity index (χ3n) is 5.75. The zero-order valence-corrected chi connectivity index (χ0v) is 18.3. The first-order valence-corrected chi connectivity index (χ1v) is 10.6. The fourth-order valence-electron chi connectivity index (χ4n) is 3.99. The van der Waals surface area contributed by atoms with E-state index in [-0.39, 0.29) is 6.42 Å². The number of esters is 2. The molecule has 0 saturated carbocycles. The van der Waals surface area contributed by atoms with Gasteiger partial charge in [-0.2, -0.15) is 0 Å². The van der Waals surface area contributed by atoms with Gasteiger partial charge in [0.05, 0.1) is 14.2 Å². The van der Waals surface area contributed by atoms with Gasteiger partial charge in [-0.3, -0.25) is 0 Å². The first-order valence-electron chi connectivity index (χ1n) is 10.6. The molecule has 0 aromatic heterocycles. The van der Waals surface area contributed by atoms with Gasteiger partial charge in [0.25, 0.3) is 0 Å². The maximum Gasteiger partial charge on any atom is 0.344 e. The van der Waals surface area contributed by atoms with Crippen LogP contribution in [0.4, 0.5) is 0 Å². The van der Waals surface area contributed by atoms with Crippen molar-refractivity contribution in [2.45, 2.75) is 101 Å². The molecule has 1 heterocycles. The fraction of sp³-hybridized carbons (Fsp3) is 0.905. The van der Waals surface area contributed by atoms with Crippen molar-refractivity contribution in [2.75, 3.05) is 21.3 Å². The zero-order valence-electron chi connectivity index (χ0n) is 18.3. The molecular formula is C21H38O8. The Morgan fingerprint density at radius 2 is 1.34 bits per heavy atom. The summed E-state index contributed by atoms with van der Waals surface area (Å²) in [6, 6.07) is 0. The topological polar surface area (TPSA) is 112 Å². The second-order valence-corrected chi connectivity index (χ2v) is 7.68. The lowest BCUT2D eigenvalue weighted by Crippen LogP contribution is -2.66. The Hall–Kier alpha value is -1.22. The third-order valence-corrected chi connectivity index (χ3v) is 5.75.